The van der Waals surface area contributed by atoms with Crippen molar-refractivity contribution in [1.29, 1.82) is 0 Å². The second-order valence-electron chi connectivity index (χ2n) is 9.87. The molecular weight excluding hydrogens is 502 g/mol. The van der Waals surface area contributed by atoms with Crippen LogP contribution < -0.4 is 14.2 Å². The molecule has 0 radical (unpaired) electrons. The monoisotopic (exact) mass is 537 g/mol. The van der Waals surface area contributed by atoms with Gasteiger partial charge in [0.05, 0.1) is 6.61 Å². The van der Waals surface area contributed by atoms with Crippen molar-refractivity contribution in [2.45, 2.75) is 45.5 Å². The van der Waals surface area contributed by atoms with Gasteiger partial charge in [-0.05, 0) is 89.2 Å². The third-order valence-electron chi connectivity index (χ3n) is 6.65. The summed E-state index contributed by atoms with van der Waals surface area (Å²) in [5.41, 5.74) is 5.24. The Morgan fingerprint density at radius 1 is 0.725 bits per heavy atom. The van der Waals surface area contributed by atoms with Crippen molar-refractivity contribution in [3.05, 3.63) is 119 Å². The van der Waals surface area contributed by atoms with Gasteiger partial charge in [0.25, 0.3) is 0 Å². The highest BCUT2D eigenvalue weighted by Crippen LogP contribution is 2.30. The molecule has 0 fully saturated rings. The van der Waals surface area contributed by atoms with Gasteiger partial charge in [0, 0.05) is 24.1 Å². The zero-order chi connectivity index (χ0) is 27.7. The number of hydrogen-bond donors (Lipinski definition) is 3. The molecule has 5 rings (SSSR count). The Bertz CT molecular complexity index is 1510. The molecule has 0 unspecified atom stereocenters. The van der Waals surface area contributed by atoms with Crippen LogP contribution in [-0.4, -0.2) is 28.1 Å². The van der Waals surface area contributed by atoms with Crippen LogP contribution in [-0.2, 0) is 25.9 Å². The largest absolute Gasteiger partial charge is 0.493 e. The summed E-state index contributed by atoms with van der Waals surface area (Å²) in [6.07, 6.45) is 1.50. The highest BCUT2D eigenvalue weighted by molar-refractivity contribution is 5.81. The second-order valence-corrected chi connectivity index (χ2v) is 9.87. The van der Waals surface area contributed by atoms with Crippen LogP contribution in [0.3, 0.4) is 0 Å². The number of H-pyrrole nitrogens is 1. The van der Waals surface area contributed by atoms with E-state index in [1.807, 2.05) is 84.9 Å². The molecule has 5 aromatic rings. The normalized spacial score (nSPS) is 11.2. The molecule has 3 N–H and O–H groups in total. The summed E-state index contributed by atoms with van der Waals surface area (Å²) >= 11 is 0. The highest BCUT2D eigenvalue weighted by Gasteiger charge is 2.09. The van der Waals surface area contributed by atoms with E-state index >= 15 is 0 Å². The zero-order valence-corrected chi connectivity index (χ0v) is 22.7. The molecule has 0 saturated carbocycles. The summed E-state index contributed by atoms with van der Waals surface area (Å²) < 4.78 is 18.2. The number of ether oxygens (including phenoxy) is 3. The van der Waals surface area contributed by atoms with Gasteiger partial charge in [-0.3, -0.25) is 0 Å². The predicted molar refractivity (Wildman–Crippen MR) is 157 cm³/mol. The van der Waals surface area contributed by atoms with Crippen molar-refractivity contribution in [1.82, 2.24) is 4.98 Å². The molecule has 6 heteroatoms. The lowest BCUT2D eigenvalue weighted by atomic mass is 10.1. The third kappa shape index (κ3) is 7.44. The number of benzene rings is 4. The van der Waals surface area contributed by atoms with Gasteiger partial charge >= 0.3 is 0 Å². The average molecular weight is 538 g/mol. The molecule has 0 spiro atoms. The fourth-order valence-corrected chi connectivity index (χ4v) is 4.69. The zero-order valence-electron chi connectivity index (χ0n) is 22.7. The molecule has 0 aliphatic heterocycles. The maximum Gasteiger partial charge on any atom is 0.155 e. The van der Waals surface area contributed by atoms with E-state index in [4.69, 9.17) is 14.2 Å². The van der Waals surface area contributed by atoms with Crippen molar-refractivity contribution in [3.8, 4) is 23.0 Å². The Morgan fingerprint density at radius 2 is 1.50 bits per heavy atom. The van der Waals surface area contributed by atoms with E-state index < -0.39 is 6.29 Å². The number of hydrogen-bond acceptors (Lipinski definition) is 5. The van der Waals surface area contributed by atoms with E-state index in [0.717, 1.165) is 75.5 Å². The molecule has 6 nitrogen and oxygen atoms in total. The van der Waals surface area contributed by atoms with E-state index in [2.05, 4.69) is 24.0 Å². The number of aliphatic hydroxyl groups is 2. The van der Waals surface area contributed by atoms with Crippen LogP contribution in [0.5, 0.6) is 23.0 Å². The fraction of sp³-hybridized carbons (Fsp3) is 0.235. The van der Waals surface area contributed by atoms with E-state index in [9.17, 15) is 10.2 Å². The molecule has 0 amide bonds. The van der Waals surface area contributed by atoms with Gasteiger partial charge in [0.1, 0.15) is 29.6 Å². The van der Waals surface area contributed by atoms with E-state index in [1.54, 1.807) is 0 Å². The first-order chi connectivity index (χ1) is 19.6. The van der Waals surface area contributed by atoms with E-state index in [-0.39, 0.29) is 6.42 Å². The maximum absolute atomic E-state index is 9.24. The quantitative estimate of drug-likeness (QED) is 0.141. The minimum atomic E-state index is -1.34. The van der Waals surface area contributed by atoms with Gasteiger partial charge in [0.2, 0.25) is 0 Å². The third-order valence-corrected chi connectivity index (χ3v) is 6.65. The standard InChI is InChI=1S/C34H35NO5/c1-2-6-26-22-31(40-30-12-10-29(11-13-30)39-23-24-7-4-3-5-8-24)14-16-33(26)38-18-17-28-21-27-19-25(20-34(36)37)9-15-32(27)35-28/h3-5,7-16,19,21-22,34-37H,2,6,17-18,20,23H2,1H3. The number of aliphatic hydroxyl groups excluding tert-OH is 1. The predicted octanol–water partition coefficient (Wildman–Crippen LogP) is 6.97. The van der Waals surface area contributed by atoms with Crippen molar-refractivity contribution in [2.75, 3.05) is 6.61 Å². The number of rotatable bonds is 13. The Kier molecular flexibility index (Phi) is 9.01. The molecule has 0 saturated heterocycles. The van der Waals surface area contributed by atoms with Crippen LogP contribution in [0.2, 0.25) is 0 Å². The maximum atomic E-state index is 9.24. The minimum Gasteiger partial charge on any atom is -0.493 e. The van der Waals surface area contributed by atoms with Gasteiger partial charge in [-0.15, -0.1) is 0 Å². The van der Waals surface area contributed by atoms with Crippen LogP contribution >= 0.6 is 0 Å². The Labute approximate surface area is 234 Å². The Morgan fingerprint density at radius 3 is 2.27 bits per heavy atom. The van der Waals surface area contributed by atoms with Crippen LogP contribution in [0.1, 0.15) is 35.7 Å². The van der Waals surface area contributed by atoms with Crippen LogP contribution in [0.4, 0.5) is 0 Å². The summed E-state index contributed by atoms with van der Waals surface area (Å²) in [6.45, 7) is 3.22. The highest BCUT2D eigenvalue weighted by atomic mass is 16.5. The van der Waals surface area contributed by atoms with Crippen molar-refractivity contribution >= 4 is 10.9 Å². The topological polar surface area (TPSA) is 83.9 Å². The van der Waals surface area contributed by atoms with E-state index in [1.165, 1.54) is 0 Å². The summed E-state index contributed by atoms with van der Waals surface area (Å²) in [4.78, 5) is 3.42. The molecule has 0 aliphatic carbocycles. The molecule has 0 bridgehead atoms. The molecule has 40 heavy (non-hydrogen) atoms. The number of aromatic nitrogens is 1. The molecule has 1 heterocycles. The smallest absolute Gasteiger partial charge is 0.155 e. The van der Waals surface area contributed by atoms with Crippen LogP contribution in [0.15, 0.2) is 97.1 Å². The van der Waals surface area contributed by atoms with E-state index in [0.29, 0.717) is 13.2 Å². The minimum absolute atomic E-state index is 0.216. The van der Waals surface area contributed by atoms with Gasteiger partial charge in [0.15, 0.2) is 6.29 Å². The average Bonchev–Trinajstić information content (AvgIpc) is 3.36. The molecular formula is C34H35NO5. The fourth-order valence-electron chi connectivity index (χ4n) is 4.69. The lowest BCUT2D eigenvalue weighted by Crippen LogP contribution is -2.07. The van der Waals surface area contributed by atoms with Crippen molar-refractivity contribution < 1.29 is 24.4 Å². The second kappa shape index (κ2) is 13.2. The number of nitrogens with one attached hydrogen (secondary N) is 1. The molecule has 1 aromatic heterocycles. The first-order valence-corrected chi connectivity index (χ1v) is 13.7. The lowest BCUT2D eigenvalue weighted by Gasteiger charge is -2.14. The summed E-state index contributed by atoms with van der Waals surface area (Å²) in [7, 11) is 0. The number of aryl methyl sites for hydroxylation is 1. The molecule has 4 aromatic carbocycles. The first kappa shape index (κ1) is 27.3. The SMILES string of the molecule is CCCc1cc(Oc2ccc(OCc3ccccc3)cc2)ccc1OCCc1cc2cc(CC(O)O)ccc2[nH]1. The molecule has 0 aliphatic rings. The number of aromatic amines is 1. The summed E-state index contributed by atoms with van der Waals surface area (Å²) in [5, 5.41) is 19.5. The summed E-state index contributed by atoms with van der Waals surface area (Å²) in [6, 6.07) is 31.7. The van der Waals surface area contributed by atoms with Gasteiger partial charge in [-0.1, -0.05) is 49.7 Å². The van der Waals surface area contributed by atoms with Gasteiger partial charge < -0.3 is 29.4 Å². The van der Waals surface area contributed by atoms with Crippen LogP contribution in [0.25, 0.3) is 10.9 Å². The number of fused-ring (bicyclic) bond motifs is 1. The summed E-state index contributed by atoms with van der Waals surface area (Å²) in [5.74, 6) is 3.19. The van der Waals surface area contributed by atoms with Crippen LogP contribution in [0, 0.1) is 0 Å². The Hall–Kier alpha value is -4.26. The molecule has 206 valence electrons. The Balaban J connectivity index is 1.17. The molecule has 0 atom stereocenters. The van der Waals surface area contributed by atoms with Crippen molar-refractivity contribution in [3.63, 3.8) is 0 Å². The van der Waals surface area contributed by atoms with Gasteiger partial charge in [-0.2, -0.15) is 0 Å². The van der Waals surface area contributed by atoms with Gasteiger partial charge in [-0.25, -0.2) is 0 Å². The first-order valence-electron chi connectivity index (χ1n) is 13.7. The van der Waals surface area contributed by atoms with Crippen molar-refractivity contribution in [2.24, 2.45) is 0 Å². The lowest BCUT2D eigenvalue weighted by molar-refractivity contribution is -0.0381.